The summed E-state index contributed by atoms with van der Waals surface area (Å²) < 4.78 is 24.6. The Bertz CT molecular complexity index is 747. The molecule has 24 heavy (non-hydrogen) atoms. The number of fused-ring (bicyclic) bond motifs is 5. The number of sulfone groups is 1. The van der Waals surface area contributed by atoms with E-state index in [1.165, 1.54) is 11.8 Å². The van der Waals surface area contributed by atoms with E-state index >= 15 is 0 Å². The molecule has 4 rings (SSSR count). The first kappa shape index (κ1) is 16.6. The first-order valence-electron chi connectivity index (χ1n) is 9.29. The Morgan fingerprint density at radius 3 is 2.54 bits per heavy atom. The van der Waals surface area contributed by atoms with Gasteiger partial charge >= 0.3 is 0 Å². The molecular weight excluding hydrogens is 320 g/mol. The Morgan fingerprint density at radius 1 is 1.08 bits per heavy atom. The minimum absolute atomic E-state index is 0.00132. The van der Waals surface area contributed by atoms with E-state index in [0.29, 0.717) is 17.8 Å². The van der Waals surface area contributed by atoms with Gasteiger partial charge < -0.3 is 0 Å². The molecule has 132 valence electrons. The zero-order chi connectivity index (χ0) is 17.3. The third-order valence-corrected chi connectivity index (χ3v) is 9.79. The third kappa shape index (κ3) is 2.14. The maximum atomic E-state index is 12.3. The van der Waals surface area contributed by atoms with Crippen LogP contribution in [0, 0.1) is 28.6 Å². The van der Waals surface area contributed by atoms with Crippen LogP contribution in [-0.4, -0.2) is 25.7 Å². The minimum Gasteiger partial charge on any atom is -0.290 e. The molecule has 3 nitrogen and oxygen atoms in total. The van der Waals surface area contributed by atoms with Crippen LogP contribution in [0.1, 0.15) is 52.4 Å². The molecule has 0 aliphatic heterocycles. The summed E-state index contributed by atoms with van der Waals surface area (Å²) in [7, 11) is -2.99. The van der Waals surface area contributed by atoms with Gasteiger partial charge in [-0.2, -0.15) is 0 Å². The normalized spacial score (nSPS) is 47.6. The number of allylic oxidation sites excluding steroid dienone is 4. The number of carbonyl (C=O) groups is 1. The molecule has 4 aliphatic carbocycles. The van der Waals surface area contributed by atoms with Crippen LogP contribution in [0.4, 0.5) is 0 Å². The van der Waals surface area contributed by atoms with Crippen molar-refractivity contribution < 1.29 is 13.2 Å². The fourth-order valence-electron chi connectivity index (χ4n) is 6.85. The molecular formula is C20H28O3S. The summed E-state index contributed by atoms with van der Waals surface area (Å²) in [5, 5.41) is -0.163. The lowest BCUT2D eigenvalue weighted by atomic mass is 9.48. The largest absolute Gasteiger partial charge is 0.290 e. The van der Waals surface area contributed by atoms with Gasteiger partial charge in [0.2, 0.25) is 0 Å². The average molecular weight is 349 g/mol. The van der Waals surface area contributed by atoms with Gasteiger partial charge in [-0.05, 0) is 73.8 Å². The summed E-state index contributed by atoms with van der Waals surface area (Å²) in [4.78, 5) is 11.8. The molecule has 6 atom stereocenters. The van der Waals surface area contributed by atoms with E-state index in [9.17, 15) is 13.2 Å². The van der Waals surface area contributed by atoms with Gasteiger partial charge in [0.1, 0.15) is 0 Å². The molecule has 0 aromatic rings. The number of rotatable bonds is 1. The van der Waals surface area contributed by atoms with E-state index < -0.39 is 9.84 Å². The van der Waals surface area contributed by atoms with E-state index in [1.54, 1.807) is 6.08 Å². The maximum absolute atomic E-state index is 12.3. The molecule has 0 N–H and O–H groups in total. The standard InChI is InChI=1S/C20H28O3S/c1-19-10-8-14(21)12-13(19)4-5-15-16-6-7-18(24(3,22)23)20(16,2)11-9-17(15)19/h8,10,12,15-18H,4-7,9,11H2,1-3H3/t15-,16-,17-,18-,19-,20-/m0/s1. The summed E-state index contributed by atoms with van der Waals surface area (Å²) in [6, 6.07) is 0. The lowest BCUT2D eigenvalue weighted by molar-refractivity contribution is -0.111. The van der Waals surface area contributed by atoms with Crippen LogP contribution in [0.25, 0.3) is 0 Å². The third-order valence-electron chi connectivity index (χ3n) is 7.99. The van der Waals surface area contributed by atoms with Gasteiger partial charge in [-0.3, -0.25) is 4.79 Å². The van der Waals surface area contributed by atoms with Gasteiger partial charge in [-0.25, -0.2) is 8.42 Å². The van der Waals surface area contributed by atoms with Crippen LogP contribution in [0.3, 0.4) is 0 Å². The summed E-state index contributed by atoms with van der Waals surface area (Å²) in [5.41, 5.74) is 1.25. The molecule has 0 radical (unpaired) electrons. The second-order valence-corrected chi connectivity index (χ2v) is 11.3. The Hall–Kier alpha value is -0.900. The summed E-state index contributed by atoms with van der Waals surface area (Å²) in [5.74, 6) is 1.79. The molecule has 0 aromatic heterocycles. The Kier molecular flexibility index (Phi) is 3.49. The highest BCUT2D eigenvalue weighted by Crippen LogP contribution is 2.65. The summed E-state index contributed by atoms with van der Waals surface area (Å²) in [6.07, 6.45) is 13.2. The molecule has 3 saturated carbocycles. The SMILES string of the molecule is C[C@]12CC[C@H]3[C@@H](CCC4=CC(=O)C=C[C@@]43C)[C@@H]1CC[C@@H]2S(C)(=O)=O. The van der Waals surface area contributed by atoms with Gasteiger partial charge in [0.15, 0.2) is 15.6 Å². The van der Waals surface area contributed by atoms with Crippen LogP contribution >= 0.6 is 0 Å². The topological polar surface area (TPSA) is 51.2 Å². The van der Waals surface area contributed by atoms with E-state index in [-0.39, 0.29) is 21.9 Å². The lowest BCUT2D eigenvalue weighted by Gasteiger charge is -2.56. The quantitative estimate of drug-likeness (QED) is 0.726. The van der Waals surface area contributed by atoms with Crippen molar-refractivity contribution in [3.05, 3.63) is 23.8 Å². The molecule has 0 aromatic carbocycles. The zero-order valence-electron chi connectivity index (χ0n) is 14.9. The molecule has 0 saturated heterocycles. The molecule has 0 heterocycles. The fraction of sp³-hybridized carbons (Fsp3) is 0.750. The molecule has 4 heteroatoms. The first-order chi connectivity index (χ1) is 11.2. The molecule has 3 fully saturated rings. The maximum Gasteiger partial charge on any atom is 0.178 e. The van der Waals surface area contributed by atoms with Crippen LogP contribution in [0.2, 0.25) is 0 Å². The lowest BCUT2D eigenvalue weighted by Crippen LogP contribution is -2.51. The molecule has 0 amide bonds. The molecule has 0 spiro atoms. The molecule has 0 unspecified atom stereocenters. The zero-order valence-corrected chi connectivity index (χ0v) is 15.7. The van der Waals surface area contributed by atoms with Crippen LogP contribution in [-0.2, 0) is 14.6 Å². The van der Waals surface area contributed by atoms with Crippen molar-refractivity contribution in [2.45, 2.75) is 57.6 Å². The van der Waals surface area contributed by atoms with Crippen molar-refractivity contribution in [2.75, 3.05) is 6.26 Å². The fourth-order valence-corrected chi connectivity index (χ4v) is 8.69. The smallest absolute Gasteiger partial charge is 0.178 e. The predicted molar refractivity (Wildman–Crippen MR) is 95.2 cm³/mol. The highest BCUT2D eigenvalue weighted by Gasteiger charge is 2.60. The molecule has 4 aliphatic rings. The Balaban J connectivity index is 1.70. The second kappa shape index (κ2) is 5.06. The monoisotopic (exact) mass is 348 g/mol. The van der Waals surface area contributed by atoms with E-state index in [2.05, 4.69) is 19.9 Å². The van der Waals surface area contributed by atoms with E-state index in [0.717, 1.165) is 38.5 Å². The van der Waals surface area contributed by atoms with Gasteiger partial charge in [0.25, 0.3) is 0 Å². The summed E-state index contributed by atoms with van der Waals surface area (Å²) >= 11 is 0. The van der Waals surface area contributed by atoms with Gasteiger partial charge in [0.05, 0.1) is 5.25 Å². The van der Waals surface area contributed by atoms with Crippen molar-refractivity contribution in [3.8, 4) is 0 Å². The summed E-state index contributed by atoms with van der Waals surface area (Å²) in [6.45, 7) is 4.53. The highest BCUT2D eigenvalue weighted by atomic mass is 32.2. The van der Waals surface area contributed by atoms with Crippen molar-refractivity contribution in [3.63, 3.8) is 0 Å². The number of hydrogen-bond donors (Lipinski definition) is 0. The minimum atomic E-state index is -2.99. The van der Waals surface area contributed by atoms with Gasteiger partial charge in [-0.1, -0.05) is 25.5 Å². The highest BCUT2D eigenvalue weighted by molar-refractivity contribution is 7.91. The number of ketones is 1. The van der Waals surface area contributed by atoms with Gasteiger partial charge in [-0.15, -0.1) is 0 Å². The Morgan fingerprint density at radius 2 is 1.83 bits per heavy atom. The van der Waals surface area contributed by atoms with E-state index in [1.807, 2.05) is 6.08 Å². The van der Waals surface area contributed by atoms with Gasteiger partial charge in [0, 0.05) is 11.7 Å². The molecule has 0 bridgehead atoms. The van der Waals surface area contributed by atoms with Crippen LogP contribution in [0.5, 0.6) is 0 Å². The first-order valence-corrected chi connectivity index (χ1v) is 11.2. The van der Waals surface area contributed by atoms with Crippen molar-refractivity contribution in [2.24, 2.45) is 28.6 Å². The second-order valence-electron chi connectivity index (χ2n) is 9.04. The van der Waals surface area contributed by atoms with Crippen LogP contribution in [0.15, 0.2) is 23.8 Å². The van der Waals surface area contributed by atoms with Crippen molar-refractivity contribution in [1.29, 1.82) is 0 Å². The predicted octanol–water partition coefficient (Wildman–Crippen LogP) is 3.71. The van der Waals surface area contributed by atoms with Crippen molar-refractivity contribution in [1.82, 2.24) is 0 Å². The number of hydrogen-bond acceptors (Lipinski definition) is 3. The van der Waals surface area contributed by atoms with Crippen molar-refractivity contribution >= 4 is 15.6 Å². The Labute approximate surface area is 145 Å². The van der Waals surface area contributed by atoms with E-state index in [4.69, 9.17) is 0 Å². The average Bonchev–Trinajstić information content (AvgIpc) is 2.85. The van der Waals surface area contributed by atoms with Crippen LogP contribution < -0.4 is 0 Å². The number of carbonyl (C=O) groups excluding carboxylic acids is 1.